The van der Waals surface area contributed by atoms with Crippen LogP contribution in [0.5, 0.6) is 11.8 Å². The fraction of sp³-hybridized carbons (Fsp3) is 0.450. The smallest absolute Gasteiger partial charge is 0.326 e. The van der Waals surface area contributed by atoms with Gasteiger partial charge in [-0.1, -0.05) is 19.3 Å². The van der Waals surface area contributed by atoms with Gasteiger partial charge < -0.3 is 15.2 Å². The summed E-state index contributed by atoms with van der Waals surface area (Å²) in [4.78, 5) is 8.71. The number of hydrogen-bond donors (Lipinski definition) is 3. The minimum atomic E-state index is -0.848. The molecule has 1 aliphatic rings. The topological polar surface area (TPSA) is 96.0 Å². The Hall–Kier alpha value is -2.81. The summed E-state index contributed by atoms with van der Waals surface area (Å²) < 4.78 is 32.6. The molecule has 7 nitrogen and oxygen atoms in total. The van der Waals surface area contributed by atoms with E-state index in [9.17, 15) is 13.9 Å². The van der Waals surface area contributed by atoms with Gasteiger partial charge in [0.2, 0.25) is 0 Å². The Balaban J connectivity index is 1.72. The van der Waals surface area contributed by atoms with E-state index in [0.717, 1.165) is 48.9 Å². The number of nitrogens with one attached hydrogen (secondary N) is 2. The van der Waals surface area contributed by atoms with E-state index in [2.05, 4.69) is 25.5 Å². The van der Waals surface area contributed by atoms with E-state index in [4.69, 9.17) is 4.74 Å². The van der Waals surface area contributed by atoms with Crippen molar-refractivity contribution in [2.45, 2.75) is 51.0 Å². The number of aliphatic hydroxyl groups is 1. The van der Waals surface area contributed by atoms with Crippen LogP contribution in [-0.2, 0) is 0 Å². The molecule has 0 saturated heterocycles. The van der Waals surface area contributed by atoms with Crippen LogP contribution in [-0.4, -0.2) is 37.9 Å². The number of nitrogens with zero attached hydrogens (tertiary/aromatic N) is 3. The van der Waals surface area contributed by atoms with E-state index < -0.39 is 17.7 Å². The zero-order chi connectivity index (χ0) is 20.4. The number of anilines is 1. The summed E-state index contributed by atoms with van der Waals surface area (Å²) in [5, 5.41) is 20.9. The van der Waals surface area contributed by atoms with Gasteiger partial charge in [-0.15, -0.1) is 0 Å². The zero-order valence-electron chi connectivity index (χ0n) is 16.1. The first kappa shape index (κ1) is 19.5. The van der Waals surface area contributed by atoms with Crippen LogP contribution in [0.15, 0.2) is 18.2 Å². The van der Waals surface area contributed by atoms with Gasteiger partial charge in [0.25, 0.3) is 0 Å². The van der Waals surface area contributed by atoms with Crippen molar-refractivity contribution >= 4 is 16.9 Å². The number of halogens is 2. The molecule has 1 fully saturated rings. The quantitative estimate of drug-likeness (QED) is 0.569. The average molecular weight is 403 g/mol. The molecule has 0 bridgehead atoms. The molecule has 3 aromatic rings. The summed E-state index contributed by atoms with van der Waals surface area (Å²) >= 11 is 0. The molecular formula is C20H23F2N5O2. The van der Waals surface area contributed by atoms with Gasteiger partial charge in [0.05, 0.1) is 17.2 Å². The second-order valence-corrected chi connectivity index (χ2v) is 7.43. The van der Waals surface area contributed by atoms with E-state index in [1.165, 1.54) is 12.5 Å². The highest BCUT2D eigenvalue weighted by Gasteiger charge is 2.24. The van der Waals surface area contributed by atoms with Gasteiger partial charge in [-0.05, 0) is 31.9 Å². The van der Waals surface area contributed by atoms with Crippen molar-refractivity contribution in [3.05, 3.63) is 35.5 Å². The highest BCUT2D eigenvalue weighted by molar-refractivity contribution is 5.90. The third kappa shape index (κ3) is 4.29. The van der Waals surface area contributed by atoms with Crippen molar-refractivity contribution in [1.29, 1.82) is 0 Å². The van der Waals surface area contributed by atoms with Crippen LogP contribution < -0.4 is 10.1 Å². The molecule has 29 heavy (non-hydrogen) atoms. The molecule has 9 heteroatoms. The summed E-state index contributed by atoms with van der Waals surface area (Å²) in [6, 6.07) is 2.91. The first-order valence-electron chi connectivity index (χ1n) is 9.82. The normalized spacial score (nSPS) is 16.1. The average Bonchev–Trinajstić information content (AvgIpc) is 3.13. The molecule has 154 valence electrons. The number of aromatic amines is 1. The Morgan fingerprint density at radius 3 is 2.76 bits per heavy atom. The fourth-order valence-corrected chi connectivity index (χ4v) is 3.68. The van der Waals surface area contributed by atoms with Gasteiger partial charge in [0, 0.05) is 18.5 Å². The SMILES string of the molecule is CC(O)CNc1nc(Oc2ccc(F)cc2F)nc2[nH]nc(C3CCCCC3)c12. The van der Waals surface area contributed by atoms with Gasteiger partial charge >= 0.3 is 6.01 Å². The third-order valence-corrected chi connectivity index (χ3v) is 5.08. The Morgan fingerprint density at radius 2 is 2.03 bits per heavy atom. The summed E-state index contributed by atoms with van der Waals surface area (Å²) in [5.41, 5.74) is 1.36. The summed E-state index contributed by atoms with van der Waals surface area (Å²) in [6.07, 6.45) is 5.04. The number of aliphatic hydroxyl groups excluding tert-OH is 1. The number of aromatic nitrogens is 4. The molecule has 0 aliphatic heterocycles. The van der Waals surface area contributed by atoms with Crippen molar-refractivity contribution in [3.8, 4) is 11.8 Å². The van der Waals surface area contributed by atoms with Crippen LogP contribution >= 0.6 is 0 Å². The van der Waals surface area contributed by atoms with Crippen molar-refractivity contribution < 1.29 is 18.6 Å². The van der Waals surface area contributed by atoms with Crippen molar-refractivity contribution in [2.24, 2.45) is 0 Å². The second kappa shape index (κ2) is 8.28. The van der Waals surface area contributed by atoms with Crippen LogP contribution in [0, 0.1) is 11.6 Å². The van der Waals surface area contributed by atoms with Crippen LogP contribution in [0.3, 0.4) is 0 Å². The van der Waals surface area contributed by atoms with Gasteiger partial charge in [-0.3, -0.25) is 5.10 Å². The molecule has 1 aliphatic carbocycles. The molecule has 2 aromatic heterocycles. The molecule has 1 aromatic carbocycles. The largest absolute Gasteiger partial charge is 0.421 e. The van der Waals surface area contributed by atoms with Gasteiger partial charge in [0.15, 0.2) is 17.2 Å². The zero-order valence-corrected chi connectivity index (χ0v) is 16.1. The highest BCUT2D eigenvalue weighted by Crippen LogP contribution is 2.37. The van der Waals surface area contributed by atoms with E-state index >= 15 is 0 Å². The number of benzene rings is 1. The van der Waals surface area contributed by atoms with Crippen LogP contribution in [0.1, 0.15) is 50.6 Å². The molecule has 1 unspecified atom stereocenters. The van der Waals surface area contributed by atoms with Gasteiger partial charge in [-0.2, -0.15) is 15.1 Å². The Kier molecular flexibility index (Phi) is 5.57. The Labute approximate surface area is 166 Å². The molecule has 4 rings (SSSR count). The summed E-state index contributed by atoms with van der Waals surface area (Å²) in [7, 11) is 0. The number of fused-ring (bicyclic) bond motifs is 1. The predicted octanol–water partition coefficient (Wildman–Crippen LogP) is 4.26. The van der Waals surface area contributed by atoms with Gasteiger partial charge in [-0.25, -0.2) is 8.78 Å². The van der Waals surface area contributed by atoms with E-state index in [-0.39, 0.29) is 18.3 Å². The van der Waals surface area contributed by atoms with E-state index in [1.807, 2.05) is 0 Å². The van der Waals surface area contributed by atoms with Crippen molar-refractivity contribution in [1.82, 2.24) is 20.2 Å². The molecule has 3 N–H and O–H groups in total. The molecule has 1 atom stereocenters. The fourth-order valence-electron chi connectivity index (χ4n) is 3.68. The molecule has 1 saturated carbocycles. The van der Waals surface area contributed by atoms with Crippen molar-refractivity contribution in [3.63, 3.8) is 0 Å². The lowest BCUT2D eigenvalue weighted by atomic mass is 9.86. The molecular weight excluding hydrogens is 380 g/mol. The van der Waals surface area contributed by atoms with E-state index in [1.54, 1.807) is 6.92 Å². The minimum absolute atomic E-state index is 0.102. The molecule has 0 spiro atoms. The number of H-pyrrole nitrogens is 1. The Morgan fingerprint density at radius 1 is 1.24 bits per heavy atom. The van der Waals surface area contributed by atoms with Crippen LogP contribution in [0.2, 0.25) is 0 Å². The maximum atomic E-state index is 14.0. The summed E-state index contributed by atoms with van der Waals surface area (Å²) in [6.45, 7) is 1.93. The van der Waals surface area contributed by atoms with E-state index in [0.29, 0.717) is 17.4 Å². The first-order valence-corrected chi connectivity index (χ1v) is 9.82. The minimum Gasteiger partial charge on any atom is -0.421 e. The van der Waals surface area contributed by atoms with Crippen LogP contribution in [0.25, 0.3) is 11.0 Å². The standard InChI is InChI=1S/C20H23F2N5O2/c1-11(28)10-23-18-16-17(12-5-3-2-4-6-12)26-27-19(16)25-20(24-18)29-15-8-7-13(21)9-14(15)22/h7-9,11-12,28H,2-6,10H2,1H3,(H2,23,24,25,26,27). The number of rotatable bonds is 6. The molecule has 0 amide bonds. The highest BCUT2D eigenvalue weighted by atomic mass is 19.1. The lowest BCUT2D eigenvalue weighted by Crippen LogP contribution is -2.17. The lowest BCUT2D eigenvalue weighted by molar-refractivity contribution is 0.208. The monoisotopic (exact) mass is 403 g/mol. The number of ether oxygens (including phenoxy) is 1. The van der Waals surface area contributed by atoms with Gasteiger partial charge in [0.1, 0.15) is 11.6 Å². The maximum absolute atomic E-state index is 14.0. The first-order chi connectivity index (χ1) is 14.0. The number of hydrogen-bond acceptors (Lipinski definition) is 6. The second-order valence-electron chi connectivity index (χ2n) is 7.43. The maximum Gasteiger partial charge on any atom is 0.326 e. The van der Waals surface area contributed by atoms with Crippen LogP contribution in [0.4, 0.5) is 14.6 Å². The third-order valence-electron chi connectivity index (χ3n) is 5.08. The Bertz CT molecular complexity index is 1000. The molecule has 2 heterocycles. The molecule has 0 radical (unpaired) electrons. The lowest BCUT2D eigenvalue weighted by Gasteiger charge is -2.20. The van der Waals surface area contributed by atoms with Crippen molar-refractivity contribution in [2.75, 3.05) is 11.9 Å². The predicted molar refractivity (Wildman–Crippen MR) is 104 cm³/mol. The summed E-state index contributed by atoms with van der Waals surface area (Å²) in [5.74, 6) is -0.951.